The first-order valence-electron chi connectivity index (χ1n) is 4.25. The van der Waals surface area contributed by atoms with Gasteiger partial charge in [0.2, 0.25) is 0 Å². The van der Waals surface area contributed by atoms with Crippen molar-refractivity contribution in [1.29, 1.82) is 0 Å². The second-order valence-corrected chi connectivity index (χ2v) is 3.11. The van der Waals surface area contributed by atoms with Crippen molar-refractivity contribution in [2.24, 2.45) is 0 Å². The van der Waals surface area contributed by atoms with Crippen LogP contribution >= 0.6 is 0 Å². The van der Waals surface area contributed by atoms with Crippen molar-refractivity contribution in [2.45, 2.75) is 0 Å². The lowest BCUT2D eigenvalue weighted by Crippen LogP contribution is -1.80. The Balaban J connectivity index is 2.65. The number of benzene rings is 1. The number of nitrogens with zero attached hydrogens (tertiary/aromatic N) is 1. The van der Waals surface area contributed by atoms with Crippen LogP contribution in [0, 0.1) is 0 Å². The fraction of sp³-hybridized carbons (Fsp3) is 0. The number of hydrogen-bond donors (Lipinski definition) is 1. The molecule has 0 aliphatic heterocycles. The number of hydrogen-bond acceptors (Lipinski definition) is 1. The average Bonchev–Trinajstić information content (AvgIpc) is 2.65. The first-order chi connectivity index (χ1) is 6.45. The van der Waals surface area contributed by atoms with Gasteiger partial charge in [-0.15, -0.1) is 0 Å². The maximum atomic E-state index is 4.05. The zero-order valence-corrected chi connectivity index (χ0v) is 6.99. The highest BCUT2D eigenvalue weighted by atomic mass is 14.8. The molecule has 0 bridgehead atoms. The molecule has 0 amide bonds. The molecule has 0 unspecified atom stereocenters. The van der Waals surface area contributed by atoms with Gasteiger partial charge in [-0.1, -0.05) is 30.3 Å². The number of nitrogens with one attached hydrogen (secondary N) is 1. The fourth-order valence-electron chi connectivity index (χ4n) is 1.71. The lowest BCUT2D eigenvalue weighted by Gasteiger charge is -1.98. The summed E-state index contributed by atoms with van der Waals surface area (Å²) in [6.07, 6.45) is 3.59. The zero-order chi connectivity index (χ0) is 8.67. The molecule has 0 atom stereocenters. The third kappa shape index (κ3) is 0.855. The van der Waals surface area contributed by atoms with Crippen molar-refractivity contribution in [1.82, 2.24) is 9.97 Å². The highest BCUT2D eigenvalue weighted by molar-refractivity contribution is 6.05. The quantitative estimate of drug-likeness (QED) is 0.549. The van der Waals surface area contributed by atoms with Crippen LogP contribution in [0.5, 0.6) is 0 Å². The Kier molecular flexibility index (Phi) is 1.19. The van der Waals surface area contributed by atoms with Crippen molar-refractivity contribution in [3.05, 3.63) is 42.9 Å². The first kappa shape index (κ1) is 6.66. The van der Waals surface area contributed by atoms with Crippen LogP contribution in [0.3, 0.4) is 0 Å². The Hall–Kier alpha value is -1.83. The van der Waals surface area contributed by atoms with Crippen molar-refractivity contribution in [3.63, 3.8) is 0 Å². The smallest absolute Gasteiger partial charge is 0.0923 e. The number of aromatic nitrogens is 2. The molecule has 1 aromatic heterocycles. The molecule has 0 aliphatic carbocycles. The molecule has 0 saturated carbocycles. The summed E-state index contributed by atoms with van der Waals surface area (Å²) in [5.41, 5.74) is 1.16. The normalized spacial score (nSPS) is 11.1. The molecule has 3 rings (SSSR count). The second-order valence-electron chi connectivity index (χ2n) is 3.11. The summed E-state index contributed by atoms with van der Waals surface area (Å²) in [5.74, 6) is 0. The number of fused-ring (bicyclic) bond motifs is 3. The van der Waals surface area contributed by atoms with E-state index in [0.717, 1.165) is 10.9 Å². The van der Waals surface area contributed by atoms with Crippen LogP contribution < -0.4 is 0 Å². The van der Waals surface area contributed by atoms with Crippen molar-refractivity contribution < 1.29 is 0 Å². The van der Waals surface area contributed by atoms with Crippen LogP contribution in [-0.2, 0) is 0 Å². The Labute approximate surface area is 75.2 Å². The molecule has 2 heteroatoms. The highest BCUT2D eigenvalue weighted by Gasteiger charge is 1.99. The van der Waals surface area contributed by atoms with Gasteiger partial charge in [-0.25, -0.2) is 4.98 Å². The van der Waals surface area contributed by atoms with E-state index in [4.69, 9.17) is 0 Å². The lowest BCUT2D eigenvalue weighted by molar-refractivity contribution is 1.23. The van der Waals surface area contributed by atoms with E-state index < -0.39 is 0 Å². The summed E-state index contributed by atoms with van der Waals surface area (Å²) in [4.78, 5) is 7.22. The summed E-state index contributed by atoms with van der Waals surface area (Å²) in [7, 11) is 0. The minimum atomic E-state index is 1.15. The van der Waals surface area contributed by atoms with Crippen LogP contribution in [0.25, 0.3) is 21.7 Å². The van der Waals surface area contributed by atoms with E-state index in [9.17, 15) is 0 Å². The predicted molar refractivity (Wildman–Crippen MR) is 53.6 cm³/mol. The molecule has 13 heavy (non-hydrogen) atoms. The molecule has 0 saturated heterocycles. The Morgan fingerprint density at radius 3 is 2.92 bits per heavy atom. The van der Waals surface area contributed by atoms with Gasteiger partial charge < -0.3 is 4.98 Å². The second kappa shape index (κ2) is 2.33. The van der Waals surface area contributed by atoms with Crippen molar-refractivity contribution in [2.75, 3.05) is 0 Å². The topological polar surface area (TPSA) is 28.7 Å². The van der Waals surface area contributed by atoms with Gasteiger partial charge in [0.25, 0.3) is 0 Å². The van der Waals surface area contributed by atoms with Crippen molar-refractivity contribution in [3.8, 4) is 0 Å². The molecule has 0 radical (unpaired) electrons. The monoisotopic (exact) mass is 168 g/mol. The standard InChI is InChI=1S/C11H8N2/c1-2-8-4-5-9-6-12-7-13-11(9)10(8)3-1/h1-7H,(H,12,13). The van der Waals surface area contributed by atoms with E-state index >= 15 is 0 Å². The van der Waals surface area contributed by atoms with Crippen LogP contribution in [0.15, 0.2) is 42.9 Å². The molecule has 2 nitrogen and oxygen atoms in total. The van der Waals surface area contributed by atoms with Crippen molar-refractivity contribution >= 4 is 21.7 Å². The molecule has 1 N–H and O–H groups in total. The average molecular weight is 168 g/mol. The molecule has 1 heterocycles. The molecule has 0 aliphatic rings. The van der Waals surface area contributed by atoms with Gasteiger partial charge in [0.1, 0.15) is 0 Å². The maximum Gasteiger partial charge on any atom is 0.0923 e. The molecule has 62 valence electrons. The molecular weight excluding hydrogens is 160 g/mol. The van der Waals surface area contributed by atoms with Crippen LogP contribution in [0.4, 0.5) is 0 Å². The SMILES string of the molecule is c1cc2ccc3cnc[nH]c3c2c1. The Bertz CT molecular complexity index is 566. The van der Waals surface area contributed by atoms with Gasteiger partial charge in [0, 0.05) is 17.0 Å². The summed E-state index contributed by atoms with van der Waals surface area (Å²) >= 11 is 0. The zero-order valence-electron chi connectivity index (χ0n) is 6.99. The molecule has 3 aromatic rings. The third-order valence-electron chi connectivity index (χ3n) is 2.35. The van der Waals surface area contributed by atoms with Gasteiger partial charge in [-0.2, -0.15) is 0 Å². The van der Waals surface area contributed by atoms with Crippen LogP contribution in [0.2, 0.25) is 0 Å². The predicted octanol–water partition coefficient (Wildman–Crippen LogP) is 2.72. The van der Waals surface area contributed by atoms with E-state index in [1.165, 1.54) is 10.8 Å². The molecule has 2 aromatic carbocycles. The van der Waals surface area contributed by atoms with Gasteiger partial charge >= 0.3 is 0 Å². The maximum absolute atomic E-state index is 4.05. The fourth-order valence-corrected chi connectivity index (χ4v) is 1.71. The molecule has 0 fully saturated rings. The van der Waals surface area contributed by atoms with E-state index in [-0.39, 0.29) is 0 Å². The van der Waals surface area contributed by atoms with Gasteiger partial charge in [0.15, 0.2) is 0 Å². The minimum absolute atomic E-state index is 1.15. The number of aromatic amines is 1. The Morgan fingerprint density at radius 2 is 1.92 bits per heavy atom. The summed E-state index contributed by atoms with van der Waals surface area (Å²) in [6, 6.07) is 10.5. The molecule has 0 spiro atoms. The van der Waals surface area contributed by atoms with E-state index in [2.05, 4.69) is 40.3 Å². The Morgan fingerprint density at radius 1 is 1.00 bits per heavy atom. The lowest BCUT2D eigenvalue weighted by atomic mass is 10.1. The minimum Gasteiger partial charge on any atom is -0.345 e. The van der Waals surface area contributed by atoms with Gasteiger partial charge in [-0.05, 0) is 5.39 Å². The number of rotatable bonds is 0. The first-order valence-corrected chi connectivity index (χ1v) is 4.25. The van der Waals surface area contributed by atoms with Crippen LogP contribution in [0.1, 0.15) is 0 Å². The summed E-state index contributed by atoms with van der Waals surface area (Å²) in [5, 5.41) is 3.69. The van der Waals surface area contributed by atoms with E-state index in [0.29, 0.717) is 0 Å². The largest absolute Gasteiger partial charge is 0.345 e. The van der Waals surface area contributed by atoms with E-state index in [1.54, 1.807) is 6.33 Å². The van der Waals surface area contributed by atoms with E-state index in [1.807, 2.05) is 6.20 Å². The number of H-pyrrole nitrogens is 1. The third-order valence-corrected chi connectivity index (χ3v) is 2.35. The van der Waals surface area contributed by atoms with Gasteiger partial charge in [-0.3, -0.25) is 0 Å². The molecular formula is C11H8N2. The van der Waals surface area contributed by atoms with Crippen LogP contribution in [-0.4, -0.2) is 9.97 Å². The highest BCUT2D eigenvalue weighted by Crippen LogP contribution is 2.23. The summed E-state index contributed by atoms with van der Waals surface area (Å²) in [6.45, 7) is 0. The van der Waals surface area contributed by atoms with Gasteiger partial charge in [0.05, 0.1) is 11.8 Å². The summed E-state index contributed by atoms with van der Waals surface area (Å²) < 4.78 is 0.